The maximum absolute atomic E-state index is 12.2. The molecule has 0 fully saturated rings. The molecule has 3 N–H and O–H groups in total. The predicted octanol–water partition coefficient (Wildman–Crippen LogP) is 4.37. The minimum absolute atomic E-state index is 0.0668. The van der Waals surface area contributed by atoms with E-state index in [-0.39, 0.29) is 11.9 Å². The summed E-state index contributed by atoms with van der Waals surface area (Å²) in [6, 6.07) is 11.1. The van der Waals surface area contributed by atoms with E-state index in [9.17, 15) is 4.79 Å². The number of pyridine rings is 1. The SMILES string of the molecule is CCCCNC(=O)c1ccc(-c2ccc3nc(N)nc(OC(C)(C)CC)c3n2)cc1. The molecule has 3 aromatic rings. The molecule has 0 bridgehead atoms. The number of anilines is 1. The molecule has 0 aliphatic rings. The Morgan fingerprint density at radius 2 is 1.80 bits per heavy atom. The summed E-state index contributed by atoms with van der Waals surface area (Å²) in [4.78, 5) is 25.5. The highest BCUT2D eigenvalue weighted by molar-refractivity contribution is 5.94. The fraction of sp³-hybridized carbons (Fsp3) is 0.391. The van der Waals surface area contributed by atoms with Crippen LogP contribution in [0.5, 0.6) is 5.88 Å². The lowest BCUT2D eigenvalue weighted by molar-refractivity contribution is 0.0952. The third kappa shape index (κ3) is 5.03. The van der Waals surface area contributed by atoms with Crippen LogP contribution in [0.4, 0.5) is 5.95 Å². The van der Waals surface area contributed by atoms with E-state index < -0.39 is 5.60 Å². The summed E-state index contributed by atoms with van der Waals surface area (Å²) in [6.45, 7) is 8.81. The van der Waals surface area contributed by atoms with Crippen LogP contribution in [-0.2, 0) is 0 Å². The number of hydrogen-bond donors (Lipinski definition) is 2. The van der Waals surface area contributed by atoms with Crippen molar-refractivity contribution in [3.63, 3.8) is 0 Å². The van der Waals surface area contributed by atoms with Gasteiger partial charge in [-0.3, -0.25) is 4.79 Å². The smallest absolute Gasteiger partial charge is 0.251 e. The van der Waals surface area contributed by atoms with Gasteiger partial charge in [0, 0.05) is 17.7 Å². The van der Waals surface area contributed by atoms with Gasteiger partial charge in [-0.15, -0.1) is 0 Å². The molecule has 0 spiro atoms. The second-order valence-electron chi connectivity index (χ2n) is 7.85. The van der Waals surface area contributed by atoms with Crippen LogP contribution in [0, 0.1) is 0 Å². The lowest BCUT2D eigenvalue weighted by Crippen LogP contribution is -2.27. The Morgan fingerprint density at radius 3 is 2.47 bits per heavy atom. The molecule has 0 atom stereocenters. The van der Waals surface area contributed by atoms with Gasteiger partial charge < -0.3 is 15.8 Å². The zero-order valence-electron chi connectivity index (χ0n) is 18.0. The van der Waals surface area contributed by atoms with Crippen LogP contribution in [0.3, 0.4) is 0 Å². The molecule has 0 aliphatic carbocycles. The van der Waals surface area contributed by atoms with Crippen LogP contribution in [0.25, 0.3) is 22.3 Å². The zero-order chi connectivity index (χ0) is 21.7. The Bertz CT molecular complexity index is 1030. The molecular formula is C23H29N5O2. The number of carbonyl (C=O) groups is 1. The van der Waals surface area contributed by atoms with E-state index in [4.69, 9.17) is 15.5 Å². The summed E-state index contributed by atoms with van der Waals surface area (Å²) >= 11 is 0. The number of unbranched alkanes of at least 4 members (excludes halogenated alkanes) is 1. The van der Waals surface area contributed by atoms with E-state index >= 15 is 0 Å². The van der Waals surface area contributed by atoms with Gasteiger partial charge in [0.1, 0.15) is 5.60 Å². The molecule has 30 heavy (non-hydrogen) atoms. The fourth-order valence-electron chi connectivity index (χ4n) is 2.84. The van der Waals surface area contributed by atoms with Gasteiger partial charge in [-0.2, -0.15) is 4.98 Å². The summed E-state index contributed by atoms with van der Waals surface area (Å²) in [5, 5.41) is 2.92. The highest BCUT2D eigenvalue weighted by atomic mass is 16.5. The standard InChI is InChI=1S/C23H29N5O2/c1-5-7-14-25-20(29)16-10-8-15(9-11-16)17-12-13-18-19(26-17)21(28-22(24)27-18)30-23(3,4)6-2/h8-13H,5-7,14H2,1-4H3,(H,25,29)(H2,24,27,28). The van der Waals surface area contributed by atoms with Crippen LogP contribution in [0.2, 0.25) is 0 Å². The monoisotopic (exact) mass is 407 g/mol. The van der Waals surface area contributed by atoms with Gasteiger partial charge in [0.15, 0.2) is 5.52 Å². The Labute approximate surface area is 177 Å². The highest BCUT2D eigenvalue weighted by Gasteiger charge is 2.21. The molecule has 158 valence electrons. The first-order valence-corrected chi connectivity index (χ1v) is 10.3. The van der Waals surface area contributed by atoms with Crippen molar-refractivity contribution in [3.8, 4) is 17.1 Å². The molecule has 0 unspecified atom stereocenters. The number of benzene rings is 1. The quantitative estimate of drug-likeness (QED) is 0.538. The number of nitrogens with one attached hydrogen (secondary N) is 1. The number of nitrogens with zero attached hydrogens (tertiary/aromatic N) is 3. The molecule has 1 amide bonds. The number of amides is 1. The number of nitrogens with two attached hydrogens (primary N) is 1. The number of fused-ring (bicyclic) bond motifs is 1. The molecule has 1 aromatic carbocycles. The first-order valence-electron chi connectivity index (χ1n) is 10.3. The maximum Gasteiger partial charge on any atom is 0.251 e. The Hall–Kier alpha value is -3.22. The molecule has 2 heterocycles. The molecule has 0 radical (unpaired) electrons. The topological polar surface area (TPSA) is 103 Å². The van der Waals surface area contributed by atoms with Crippen LogP contribution in [0.1, 0.15) is 57.3 Å². The van der Waals surface area contributed by atoms with E-state index in [0.29, 0.717) is 29.0 Å². The van der Waals surface area contributed by atoms with Crippen molar-refractivity contribution in [2.24, 2.45) is 0 Å². The van der Waals surface area contributed by atoms with Crippen molar-refractivity contribution in [2.75, 3.05) is 12.3 Å². The highest BCUT2D eigenvalue weighted by Crippen LogP contribution is 2.29. The van der Waals surface area contributed by atoms with E-state index in [2.05, 4.69) is 22.2 Å². The lowest BCUT2D eigenvalue weighted by Gasteiger charge is -2.24. The average molecular weight is 408 g/mol. The summed E-state index contributed by atoms with van der Waals surface area (Å²) in [6.07, 6.45) is 2.82. The lowest BCUT2D eigenvalue weighted by atomic mass is 10.1. The summed E-state index contributed by atoms with van der Waals surface area (Å²) in [7, 11) is 0. The second-order valence-corrected chi connectivity index (χ2v) is 7.85. The predicted molar refractivity (Wildman–Crippen MR) is 119 cm³/mol. The largest absolute Gasteiger partial charge is 0.470 e. The molecule has 3 rings (SSSR count). The van der Waals surface area contributed by atoms with Crippen LogP contribution in [0.15, 0.2) is 36.4 Å². The maximum atomic E-state index is 12.2. The van der Waals surface area contributed by atoms with Crippen molar-refractivity contribution in [2.45, 2.75) is 52.6 Å². The number of nitrogen functional groups attached to an aromatic ring is 1. The summed E-state index contributed by atoms with van der Waals surface area (Å²) in [5.74, 6) is 0.457. The first kappa shape index (κ1) is 21.5. The second kappa shape index (κ2) is 9.07. The summed E-state index contributed by atoms with van der Waals surface area (Å²) < 4.78 is 6.09. The van der Waals surface area contributed by atoms with Crippen LogP contribution in [-0.4, -0.2) is 33.0 Å². The minimum Gasteiger partial charge on any atom is -0.470 e. The Balaban J connectivity index is 1.91. The van der Waals surface area contributed by atoms with E-state index in [1.54, 1.807) is 12.1 Å². The molecule has 7 nitrogen and oxygen atoms in total. The third-order valence-corrected chi connectivity index (χ3v) is 5.01. The van der Waals surface area contributed by atoms with Gasteiger partial charge in [0.25, 0.3) is 5.91 Å². The van der Waals surface area contributed by atoms with Crippen molar-refractivity contribution >= 4 is 22.9 Å². The third-order valence-electron chi connectivity index (χ3n) is 5.01. The van der Waals surface area contributed by atoms with E-state index in [1.165, 1.54) is 0 Å². The van der Waals surface area contributed by atoms with Crippen molar-refractivity contribution in [3.05, 3.63) is 42.0 Å². The normalized spacial score (nSPS) is 11.5. The number of aromatic nitrogens is 3. The Kier molecular flexibility index (Phi) is 6.50. The van der Waals surface area contributed by atoms with E-state index in [1.807, 2.05) is 45.0 Å². The first-order chi connectivity index (χ1) is 14.3. The minimum atomic E-state index is -0.405. The zero-order valence-corrected chi connectivity index (χ0v) is 18.0. The van der Waals surface area contributed by atoms with Crippen molar-refractivity contribution in [1.29, 1.82) is 0 Å². The molecular weight excluding hydrogens is 378 g/mol. The molecule has 0 saturated heterocycles. The fourth-order valence-corrected chi connectivity index (χ4v) is 2.84. The van der Waals surface area contributed by atoms with Crippen molar-refractivity contribution in [1.82, 2.24) is 20.3 Å². The van der Waals surface area contributed by atoms with Gasteiger partial charge in [0.05, 0.1) is 11.2 Å². The number of ether oxygens (including phenoxy) is 1. The van der Waals surface area contributed by atoms with Crippen LogP contribution >= 0.6 is 0 Å². The van der Waals surface area contributed by atoms with Crippen LogP contribution < -0.4 is 15.8 Å². The molecule has 2 aromatic heterocycles. The molecule has 0 aliphatic heterocycles. The summed E-state index contributed by atoms with van der Waals surface area (Å²) in [5.41, 5.74) is 8.89. The number of carbonyl (C=O) groups excluding carboxylic acids is 1. The molecule has 7 heteroatoms. The average Bonchev–Trinajstić information content (AvgIpc) is 2.73. The van der Waals surface area contributed by atoms with Crippen molar-refractivity contribution < 1.29 is 9.53 Å². The van der Waals surface area contributed by atoms with E-state index in [0.717, 1.165) is 30.5 Å². The van der Waals surface area contributed by atoms with Gasteiger partial charge >= 0.3 is 0 Å². The van der Waals surface area contributed by atoms with Gasteiger partial charge in [-0.05, 0) is 51.0 Å². The number of hydrogen-bond acceptors (Lipinski definition) is 6. The van der Waals surface area contributed by atoms with Gasteiger partial charge in [-0.25, -0.2) is 9.97 Å². The Morgan fingerprint density at radius 1 is 1.07 bits per heavy atom. The molecule has 0 saturated carbocycles. The van der Waals surface area contributed by atoms with Gasteiger partial charge in [-0.1, -0.05) is 32.4 Å². The number of rotatable bonds is 8. The van der Waals surface area contributed by atoms with Gasteiger partial charge in [0.2, 0.25) is 11.8 Å².